The molecule has 0 radical (unpaired) electrons. The quantitative estimate of drug-likeness (QED) is 0.462. The molecule has 0 amide bonds. The van der Waals surface area contributed by atoms with E-state index in [0.29, 0.717) is 5.75 Å². The van der Waals surface area contributed by atoms with E-state index in [9.17, 15) is 13.2 Å². The van der Waals surface area contributed by atoms with Gasteiger partial charge in [-0.15, -0.1) is 0 Å². The highest BCUT2D eigenvalue weighted by atomic mass is 35.7. The minimum Gasteiger partial charge on any atom is -0.543 e. The second-order valence-electron chi connectivity index (χ2n) is 6.45. The highest BCUT2D eigenvalue weighted by Crippen LogP contribution is 2.38. The van der Waals surface area contributed by atoms with Crippen LogP contribution in [-0.4, -0.2) is 29.8 Å². The summed E-state index contributed by atoms with van der Waals surface area (Å²) >= 11 is 0. The fraction of sp³-hybridized carbons (Fsp3) is 0.500. The van der Waals surface area contributed by atoms with Gasteiger partial charge in [-0.3, -0.25) is 0 Å². The molecule has 0 heterocycles. The van der Waals surface area contributed by atoms with E-state index >= 15 is 0 Å². The van der Waals surface area contributed by atoms with E-state index in [-0.39, 0.29) is 15.5 Å². The van der Waals surface area contributed by atoms with Crippen molar-refractivity contribution in [3.8, 4) is 5.75 Å². The molecule has 1 rings (SSSR count). The zero-order valence-corrected chi connectivity index (χ0v) is 16.1. The number of carbonyl (C=O) groups is 1. The molecule has 1 aromatic carbocycles. The van der Waals surface area contributed by atoms with Gasteiger partial charge in [0.05, 0.1) is 12.0 Å². The van der Waals surface area contributed by atoms with Crippen molar-refractivity contribution in [1.29, 1.82) is 0 Å². The molecule has 8 heteroatoms. The van der Waals surface area contributed by atoms with Gasteiger partial charge in [-0.05, 0) is 36.3 Å². The van der Waals surface area contributed by atoms with Crippen molar-refractivity contribution in [3.05, 3.63) is 23.8 Å². The van der Waals surface area contributed by atoms with E-state index < -0.39 is 23.3 Å². The Morgan fingerprint density at radius 3 is 2.18 bits per heavy atom. The Kier molecular flexibility index (Phi) is 5.36. The van der Waals surface area contributed by atoms with Crippen LogP contribution in [0.3, 0.4) is 0 Å². The zero-order valence-electron chi connectivity index (χ0n) is 13.6. The number of methoxy groups -OCH3 is 1. The highest BCUT2D eigenvalue weighted by molar-refractivity contribution is 8.13. The van der Waals surface area contributed by atoms with Crippen LogP contribution in [0.1, 0.15) is 31.1 Å². The van der Waals surface area contributed by atoms with E-state index in [2.05, 4.69) is 20.8 Å². The molecule has 124 valence electrons. The van der Waals surface area contributed by atoms with Crippen molar-refractivity contribution in [2.24, 2.45) is 0 Å². The molecule has 1 aromatic rings. The highest BCUT2D eigenvalue weighted by Gasteiger charge is 2.39. The molecule has 0 saturated carbocycles. The molecule has 0 unspecified atom stereocenters. The lowest BCUT2D eigenvalue weighted by Gasteiger charge is -2.36. The van der Waals surface area contributed by atoms with Gasteiger partial charge in [0.15, 0.2) is 0 Å². The van der Waals surface area contributed by atoms with Crippen molar-refractivity contribution < 1.29 is 22.4 Å². The van der Waals surface area contributed by atoms with Gasteiger partial charge in [0.2, 0.25) is 0 Å². The molecule has 0 aliphatic rings. The van der Waals surface area contributed by atoms with Crippen LogP contribution in [0, 0.1) is 0 Å². The van der Waals surface area contributed by atoms with Gasteiger partial charge in [0, 0.05) is 10.7 Å². The summed E-state index contributed by atoms with van der Waals surface area (Å²) in [4.78, 5) is 11.8. The second kappa shape index (κ2) is 6.21. The fourth-order valence-electron chi connectivity index (χ4n) is 1.45. The summed E-state index contributed by atoms with van der Waals surface area (Å²) in [5.41, 5.74) is 0.0500. The summed E-state index contributed by atoms with van der Waals surface area (Å²) in [6.07, 6.45) is 0. The molecule has 0 N–H and O–H groups in total. The Morgan fingerprint density at radius 2 is 1.77 bits per heavy atom. The molecule has 0 aliphatic heterocycles. The number of ether oxygens (including phenoxy) is 1. The van der Waals surface area contributed by atoms with Crippen molar-refractivity contribution in [1.82, 2.24) is 0 Å². The molecule has 0 aromatic heterocycles. The zero-order chi connectivity index (χ0) is 17.3. The average molecular weight is 365 g/mol. The van der Waals surface area contributed by atoms with Crippen LogP contribution < -0.4 is 4.43 Å². The van der Waals surface area contributed by atoms with Gasteiger partial charge in [-0.1, -0.05) is 20.8 Å². The van der Waals surface area contributed by atoms with Gasteiger partial charge >= 0.3 is 5.97 Å². The van der Waals surface area contributed by atoms with E-state index in [1.54, 1.807) is 0 Å². The third-order valence-electron chi connectivity index (χ3n) is 3.81. The molecule has 0 aliphatic carbocycles. The molecule has 0 saturated heterocycles. The number of carbonyl (C=O) groups excluding carboxylic acids is 1. The van der Waals surface area contributed by atoms with Crippen LogP contribution in [0.15, 0.2) is 23.1 Å². The largest absolute Gasteiger partial charge is 0.543 e. The minimum absolute atomic E-state index is 0.0500. The molecular weight excluding hydrogens is 344 g/mol. The maximum absolute atomic E-state index is 11.9. The van der Waals surface area contributed by atoms with Crippen molar-refractivity contribution >= 4 is 34.0 Å². The standard InChI is InChI=1S/C14H21ClO5SSi/c1-14(2,3)22(5,6)20-12-8-7-10(21(15,17)18)9-11(12)13(16)19-4/h7-9H,1-6H3. The monoisotopic (exact) mass is 364 g/mol. The second-order valence-corrected chi connectivity index (χ2v) is 13.7. The predicted octanol–water partition coefficient (Wildman–Crippen LogP) is 3.78. The summed E-state index contributed by atoms with van der Waals surface area (Å²) in [5.74, 6) is -0.363. The molecule has 22 heavy (non-hydrogen) atoms. The third kappa shape index (κ3) is 4.24. The minimum atomic E-state index is -3.94. The Hall–Kier alpha value is -1.05. The van der Waals surface area contributed by atoms with Gasteiger partial charge in [-0.25, -0.2) is 13.2 Å². The van der Waals surface area contributed by atoms with Crippen molar-refractivity contribution in [2.75, 3.05) is 7.11 Å². The molecule has 0 spiro atoms. The SMILES string of the molecule is COC(=O)c1cc(S(=O)(=O)Cl)ccc1O[Si](C)(C)C(C)(C)C. The van der Waals surface area contributed by atoms with Crippen LogP contribution in [-0.2, 0) is 13.8 Å². The average Bonchev–Trinajstić information content (AvgIpc) is 2.35. The first-order valence-electron chi connectivity index (χ1n) is 6.65. The lowest BCUT2D eigenvalue weighted by molar-refractivity contribution is 0.0598. The van der Waals surface area contributed by atoms with Gasteiger partial charge in [0.1, 0.15) is 11.3 Å². The summed E-state index contributed by atoms with van der Waals surface area (Å²) in [6.45, 7) is 10.2. The van der Waals surface area contributed by atoms with Crippen molar-refractivity contribution in [3.63, 3.8) is 0 Å². The summed E-state index contributed by atoms with van der Waals surface area (Å²) in [7, 11) is 0.422. The van der Waals surface area contributed by atoms with Crippen LogP contribution in [0.25, 0.3) is 0 Å². The summed E-state index contributed by atoms with van der Waals surface area (Å²) in [6, 6.07) is 3.94. The number of hydrogen-bond acceptors (Lipinski definition) is 5. The number of benzene rings is 1. The smallest absolute Gasteiger partial charge is 0.341 e. The number of esters is 1. The van der Waals surface area contributed by atoms with Crippen LogP contribution in [0.5, 0.6) is 5.75 Å². The predicted molar refractivity (Wildman–Crippen MR) is 88.6 cm³/mol. The first-order chi connectivity index (χ1) is 9.79. The molecule has 5 nitrogen and oxygen atoms in total. The van der Waals surface area contributed by atoms with E-state index in [0.717, 1.165) is 0 Å². The summed E-state index contributed by atoms with van der Waals surface area (Å²) < 4.78 is 33.7. The molecule has 0 fully saturated rings. The fourth-order valence-corrected chi connectivity index (χ4v) is 3.26. The van der Waals surface area contributed by atoms with E-state index in [1.165, 1.54) is 25.3 Å². The number of rotatable bonds is 4. The maximum atomic E-state index is 11.9. The van der Waals surface area contributed by atoms with Crippen molar-refractivity contribution in [2.45, 2.75) is 43.8 Å². The maximum Gasteiger partial charge on any atom is 0.341 e. The van der Waals surface area contributed by atoms with E-state index in [1.807, 2.05) is 13.1 Å². The third-order valence-corrected chi connectivity index (χ3v) is 9.50. The first-order valence-corrected chi connectivity index (χ1v) is 11.9. The Morgan fingerprint density at radius 1 is 1.23 bits per heavy atom. The Labute approximate surface area is 137 Å². The molecule has 0 atom stereocenters. The number of halogens is 1. The first kappa shape index (κ1) is 19.0. The van der Waals surface area contributed by atoms with Gasteiger partial charge in [-0.2, -0.15) is 0 Å². The van der Waals surface area contributed by atoms with Crippen LogP contribution in [0.2, 0.25) is 18.1 Å². The number of hydrogen-bond donors (Lipinski definition) is 0. The lowest BCUT2D eigenvalue weighted by atomic mass is 10.2. The van der Waals surface area contributed by atoms with Crippen LogP contribution >= 0.6 is 10.7 Å². The molecule has 0 bridgehead atoms. The van der Waals surface area contributed by atoms with E-state index in [4.69, 9.17) is 19.8 Å². The normalized spacial score (nSPS) is 12.9. The lowest BCUT2D eigenvalue weighted by Crippen LogP contribution is -2.44. The summed E-state index contributed by atoms with van der Waals surface area (Å²) in [5, 5.41) is -0.0718. The Bertz CT molecular complexity index is 677. The van der Waals surface area contributed by atoms with Gasteiger partial charge in [0.25, 0.3) is 17.4 Å². The molecular formula is C14H21ClO5SSi. The Balaban J connectivity index is 3.40. The van der Waals surface area contributed by atoms with Crippen LogP contribution in [0.4, 0.5) is 0 Å². The van der Waals surface area contributed by atoms with Gasteiger partial charge < -0.3 is 9.16 Å². The topological polar surface area (TPSA) is 69.7 Å².